The van der Waals surface area contributed by atoms with Gasteiger partial charge < -0.3 is 0 Å². The van der Waals surface area contributed by atoms with E-state index in [1.54, 1.807) is 0 Å². The summed E-state index contributed by atoms with van der Waals surface area (Å²) in [5, 5.41) is 0.878. The van der Waals surface area contributed by atoms with Crippen LogP contribution in [0.1, 0.15) is 5.56 Å². The standard InChI is InChI=1S/C14H11NOSe.C6H12N2/c16-14-12-8-4-5-9-13(12)17-15(14)10-11-6-2-1-3-7-11;1-2-8-5-3-7(1)4-6-8/h1-9H,10H2;1-6H2. The van der Waals surface area contributed by atoms with E-state index in [9.17, 15) is 4.79 Å². The second-order valence-corrected chi connectivity index (χ2v) is 8.83. The van der Waals surface area contributed by atoms with Crippen LogP contribution in [0, 0.1) is 0 Å². The Balaban J connectivity index is 0.000000163. The van der Waals surface area contributed by atoms with Crippen molar-refractivity contribution in [1.29, 1.82) is 0 Å². The third-order valence-electron chi connectivity index (χ3n) is 4.92. The van der Waals surface area contributed by atoms with Gasteiger partial charge in [-0.1, -0.05) is 0 Å². The fourth-order valence-corrected chi connectivity index (χ4v) is 5.54. The van der Waals surface area contributed by atoms with Crippen LogP contribution in [0.2, 0.25) is 0 Å². The van der Waals surface area contributed by atoms with Crippen LogP contribution in [0.3, 0.4) is 0 Å². The summed E-state index contributed by atoms with van der Waals surface area (Å²) in [6.07, 6.45) is 0. The zero-order valence-electron chi connectivity index (χ0n) is 14.3. The Kier molecular flexibility index (Phi) is 5.18. The molecule has 3 aliphatic heterocycles. The molecule has 1 aromatic heterocycles. The summed E-state index contributed by atoms with van der Waals surface area (Å²) in [6, 6.07) is 18.0. The first-order chi connectivity index (χ1) is 12.3. The molecule has 0 N–H and O–H groups in total. The van der Waals surface area contributed by atoms with Crippen molar-refractivity contribution < 1.29 is 0 Å². The Bertz CT molecular complexity index is 856. The van der Waals surface area contributed by atoms with Gasteiger partial charge in [0.15, 0.2) is 0 Å². The summed E-state index contributed by atoms with van der Waals surface area (Å²) >= 11 is 0.128. The molecule has 0 amide bonds. The molecule has 3 aliphatic rings. The number of hydrogen-bond acceptors (Lipinski definition) is 3. The fourth-order valence-electron chi connectivity index (χ4n) is 3.39. The minimum absolute atomic E-state index is 0.128. The number of piperazine rings is 3. The molecule has 25 heavy (non-hydrogen) atoms. The summed E-state index contributed by atoms with van der Waals surface area (Å²) in [5.41, 5.74) is 1.36. The van der Waals surface area contributed by atoms with Crippen LogP contribution in [-0.2, 0) is 6.54 Å². The second kappa shape index (κ2) is 7.71. The van der Waals surface area contributed by atoms with E-state index in [1.807, 2.05) is 40.0 Å². The predicted octanol–water partition coefficient (Wildman–Crippen LogP) is 1.72. The molecule has 4 heterocycles. The molecule has 0 atom stereocenters. The van der Waals surface area contributed by atoms with Crippen LogP contribution in [0.25, 0.3) is 9.65 Å². The zero-order chi connectivity index (χ0) is 17.1. The molecule has 0 radical (unpaired) electrons. The van der Waals surface area contributed by atoms with Crippen LogP contribution in [0.5, 0.6) is 0 Å². The SMILES string of the molecule is C1CN2CCN1CC2.O=c1c2ccccc2[se]n1Cc1ccccc1. The number of rotatable bonds is 2. The zero-order valence-corrected chi connectivity index (χ0v) is 16.0. The Labute approximate surface area is 154 Å². The Morgan fingerprint density at radius 2 is 1.32 bits per heavy atom. The number of fused-ring (bicyclic) bond motifs is 4. The van der Waals surface area contributed by atoms with Crippen LogP contribution >= 0.6 is 0 Å². The number of nitrogens with zero attached hydrogens (tertiary/aromatic N) is 3. The van der Waals surface area contributed by atoms with E-state index in [4.69, 9.17) is 0 Å². The van der Waals surface area contributed by atoms with Gasteiger partial charge in [0.25, 0.3) is 0 Å². The van der Waals surface area contributed by atoms with E-state index >= 15 is 0 Å². The number of benzene rings is 2. The molecule has 0 saturated carbocycles. The molecule has 5 heteroatoms. The molecule has 0 spiro atoms. The van der Waals surface area contributed by atoms with Gasteiger partial charge in [-0.2, -0.15) is 0 Å². The van der Waals surface area contributed by atoms with Gasteiger partial charge in [-0.25, -0.2) is 0 Å². The van der Waals surface area contributed by atoms with Crippen molar-refractivity contribution in [3.05, 3.63) is 70.5 Å². The first-order valence-electron chi connectivity index (χ1n) is 8.87. The van der Waals surface area contributed by atoms with Gasteiger partial charge in [0.1, 0.15) is 0 Å². The van der Waals surface area contributed by atoms with Crippen molar-refractivity contribution in [2.75, 3.05) is 39.3 Å². The Morgan fingerprint density at radius 3 is 1.88 bits per heavy atom. The average Bonchev–Trinajstić information content (AvgIpc) is 3.01. The van der Waals surface area contributed by atoms with Crippen molar-refractivity contribution in [2.24, 2.45) is 0 Å². The Morgan fingerprint density at radius 1 is 0.760 bits per heavy atom. The molecule has 3 saturated heterocycles. The van der Waals surface area contributed by atoms with E-state index < -0.39 is 0 Å². The predicted molar refractivity (Wildman–Crippen MR) is 104 cm³/mol. The van der Waals surface area contributed by atoms with Gasteiger partial charge in [-0.05, 0) is 0 Å². The van der Waals surface area contributed by atoms with Gasteiger partial charge in [-0.3, -0.25) is 9.80 Å². The van der Waals surface area contributed by atoms with Gasteiger partial charge in [0.2, 0.25) is 0 Å². The molecule has 2 bridgehead atoms. The first kappa shape index (κ1) is 16.8. The molecular weight excluding hydrogens is 377 g/mol. The van der Waals surface area contributed by atoms with E-state index in [1.165, 1.54) is 49.1 Å². The second-order valence-electron chi connectivity index (χ2n) is 6.60. The van der Waals surface area contributed by atoms with Crippen LogP contribution in [-0.4, -0.2) is 67.4 Å². The minimum atomic E-state index is 0.128. The monoisotopic (exact) mass is 401 g/mol. The van der Waals surface area contributed by atoms with Gasteiger partial charge in [-0.15, -0.1) is 0 Å². The van der Waals surface area contributed by atoms with E-state index in [0.29, 0.717) is 6.54 Å². The summed E-state index contributed by atoms with van der Waals surface area (Å²) < 4.78 is 3.15. The van der Waals surface area contributed by atoms with Gasteiger partial charge >= 0.3 is 105 Å². The van der Waals surface area contributed by atoms with E-state index in [2.05, 4.69) is 28.0 Å². The third kappa shape index (κ3) is 3.96. The molecule has 2 aromatic carbocycles. The molecule has 3 fully saturated rings. The average molecular weight is 400 g/mol. The van der Waals surface area contributed by atoms with Crippen molar-refractivity contribution in [3.63, 3.8) is 0 Å². The first-order valence-corrected chi connectivity index (χ1v) is 10.5. The maximum atomic E-state index is 12.1. The van der Waals surface area contributed by atoms with Crippen molar-refractivity contribution in [2.45, 2.75) is 6.54 Å². The third-order valence-corrected chi connectivity index (χ3v) is 7.16. The summed E-state index contributed by atoms with van der Waals surface area (Å²) in [7, 11) is 0. The molecule has 6 rings (SSSR count). The summed E-state index contributed by atoms with van der Waals surface area (Å²) in [6.45, 7) is 8.63. The quantitative estimate of drug-likeness (QED) is 0.614. The van der Waals surface area contributed by atoms with Gasteiger partial charge in [0, 0.05) is 39.3 Å². The van der Waals surface area contributed by atoms with Crippen molar-refractivity contribution in [3.8, 4) is 0 Å². The molecule has 130 valence electrons. The molecule has 0 aliphatic carbocycles. The van der Waals surface area contributed by atoms with Crippen molar-refractivity contribution >= 4 is 24.4 Å². The molecule has 3 aromatic rings. The molecule has 0 unspecified atom stereocenters. The van der Waals surface area contributed by atoms with Crippen LogP contribution < -0.4 is 5.56 Å². The van der Waals surface area contributed by atoms with E-state index in [0.717, 1.165) is 5.39 Å². The topological polar surface area (TPSA) is 28.5 Å². The molecular formula is C20H23N3OSe. The molecule has 4 nitrogen and oxygen atoms in total. The summed E-state index contributed by atoms with van der Waals surface area (Å²) in [5.74, 6) is 0. The number of hydrogen-bond donors (Lipinski definition) is 0. The fraction of sp³-hybridized carbons (Fsp3) is 0.350. The van der Waals surface area contributed by atoms with Crippen LogP contribution in [0.15, 0.2) is 59.4 Å². The maximum absolute atomic E-state index is 12.1. The summed E-state index contributed by atoms with van der Waals surface area (Å²) in [4.78, 5) is 17.2. The van der Waals surface area contributed by atoms with Crippen LogP contribution in [0.4, 0.5) is 0 Å². The van der Waals surface area contributed by atoms with Gasteiger partial charge in [0.05, 0.1) is 0 Å². The van der Waals surface area contributed by atoms with Crippen molar-refractivity contribution in [1.82, 2.24) is 13.4 Å². The number of aromatic nitrogens is 1. The normalized spacial score (nSPS) is 21.8. The van der Waals surface area contributed by atoms with E-state index in [-0.39, 0.29) is 20.3 Å². The Hall–Kier alpha value is -1.65.